The molecule has 5 nitrogen and oxygen atoms in total. The molecule has 1 fully saturated rings. The summed E-state index contributed by atoms with van der Waals surface area (Å²) in [6.45, 7) is 1.93. The van der Waals surface area contributed by atoms with Gasteiger partial charge in [-0.3, -0.25) is 4.79 Å². The van der Waals surface area contributed by atoms with Gasteiger partial charge in [0.25, 0.3) is 0 Å². The van der Waals surface area contributed by atoms with Gasteiger partial charge in [-0.15, -0.1) is 0 Å². The zero-order valence-corrected chi connectivity index (χ0v) is 14.6. The number of carbonyl (C=O) groups is 1. The molecule has 0 aromatic heterocycles. The largest absolute Gasteiger partial charge is 0.377 e. The third-order valence-electron chi connectivity index (χ3n) is 4.42. The topological polar surface area (TPSA) is 72.5 Å². The molecule has 23 heavy (non-hydrogen) atoms. The van der Waals surface area contributed by atoms with Crippen LogP contribution in [0.15, 0.2) is 24.3 Å². The second-order valence-corrected chi connectivity index (χ2v) is 8.48. The van der Waals surface area contributed by atoms with E-state index >= 15 is 0 Å². The van der Waals surface area contributed by atoms with Crippen LogP contribution >= 0.6 is 0 Å². The molecule has 1 unspecified atom stereocenters. The van der Waals surface area contributed by atoms with Crippen molar-refractivity contribution in [2.45, 2.75) is 50.4 Å². The first kappa shape index (κ1) is 17.9. The lowest BCUT2D eigenvalue weighted by Gasteiger charge is -2.13. The van der Waals surface area contributed by atoms with Crippen LogP contribution in [0.1, 0.15) is 50.7 Å². The van der Waals surface area contributed by atoms with Crippen LogP contribution in [0.2, 0.25) is 0 Å². The summed E-state index contributed by atoms with van der Waals surface area (Å²) >= 11 is 0. The number of benzene rings is 1. The molecule has 1 aromatic carbocycles. The smallest absolute Gasteiger partial charge is 0.225 e. The maximum Gasteiger partial charge on any atom is 0.225 e. The Labute approximate surface area is 138 Å². The first-order valence-electron chi connectivity index (χ1n) is 8.06. The number of hydrogen-bond donors (Lipinski definition) is 1. The van der Waals surface area contributed by atoms with E-state index in [1.807, 2.05) is 25.1 Å². The minimum atomic E-state index is -3.15. The number of rotatable bonds is 7. The number of anilines is 1. The van der Waals surface area contributed by atoms with Crippen molar-refractivity contribution in [1.82, 2.24) is 0 Å². The van der Waals surface area contributed by atoms with Gasteiger partial charge in [-0.2, -0.15) is 0 Å². The number of nitrogens with one attached hydrogen (secondary N) is 1. The van der Waals surface area contributed by atoms with Crippen LogP contribution < -0.4 is 5.32 Å². The lowest BCUT2D eigenvalue weighted by atomic mass is 10.1. The maximum absolute atomic E-state index is 12.2. The van der Waals surface area contributed by atoms with Crippen LogP contribution in [-0.2, 0) is 19.4 Å². The molecule has 1 amide bonds. The van der Waals surface area contributed by atoms with E-state index in [-0.39, 0.29) is 29.4 Å². The highest BCUT2D eigenvalue weighted by molar-refractivity contribution is 7.92. The van der Waals surface area contributed by atoms with E-state index in [4.69, 9.17) is 4.74 Å². The van der Waals surface area contributed by atoms with Crippen LogP contribution in [0.5, 0.6) is 0 Å². The molecule has 1 atom stereocenters. The van der Waals surface area contributed by atoms with Gasteiger partial charge in [0.15, 0.2) is 9.84 Å². The molecule has 0 aliphatic heterocycles. The Morgan fingerprint density at radius 3 is 2.70 bits per heavy atom. The molecule has 0 radical (unpaired) electrons. The van der Waals surface area contributed by atoms with Crippen LogP contribution in [0.25, 0.3) is 0 Å². The van der Waals surface area contributed by atoms with Gasteiger partial charge in [0.2, 0.25) is 5.91 Å². The van der Waals surface area contributed by atoms with Gasteiger partial charge in [-0.05, 0) is 37.5 Å². The Balaban J connectivity index is 1.89. The quantitative estimate of drug-likeness (QED) is 0.828. The Bertz CT molecular complexity index is 636. The molecule has 0 saturated heterocycles. The van der Waals surface area contributed by atoms with E-state index in [1.165, 1.54) is 0 Å². The van der Waals surface area contributed by atoms with Crippen molar-refractivity contribution in [3.8, 4) is 0 Å². The summed E-state index contributed by atoms with van der Waals surface area (Å²) in [5.41, 5.74) is 1.62. The van der Waals surface area contributed by atoms with Gasteiger partial charge in [-0.25, -0.2) is 8.42 Å². The molecule has 0 spiro atoms. The van der Waals surface area contributed by atoms with E-state index < -0.39 is 9.84 Å². The number of ether oxygens (including phenoxy) is 1. The third kappa shape index (κ3) is 5.04. The lowest BCUT2D eigenvalue weighted by Crippen LogP contribution is -2.24. The average Bonchev–Trinajstić information content (AvgIpc) is 3.08. The van der Waals surface area contributed by atoms with Gasteiger partial charge in [0, 0.05) is 19.2 Å². The number of sulfone groups is 1. The zero-order valence-electron chi connectivity index (χ0n) is 13.7. The molecular weight excluding hydrogens is 314 g/mol. The maximum atomic E-state index is 12.2. The molecular formula is C17H25NO4S. The monoisotopic (exact) mass is 339 g/mol. The standard InChI is InChI=1S/C17H25NO4S/c1-13(22-2)14-6-5-7-15(12-14)18-17(19)10-11-23(20,21)16-8-3-4-9-16/h5-7,12-13,16H,3-4,8-11H2,1-2H3,(H,18,19). The zero-order chi connectivity index (χ0) is 16.9. The van der Waals surface area contributed by atoms with Crippen LogP contribution in [0.3, 0.4) is 0 Å². The first-order chi connectivity index (χ1) is 10.9. The summed E-state index contributed by atoms with van der Waals surface area (Å²) in [6, 6.07) is 7.40. The number of methoxy groups -OCH3 is 1. The van der Waals surface area contributed by atoms with E-state index in [2.05, 4.69) is 5.32 Å². The fraction of sp³-hybridized carbons (Fsp3) is 0.588. The van der Waals surface area contributed by atoms with Crippen molar-refractivity contribution in [3.63, 3.8) is 0 Å². The molecule has 1 aliphatic rings. The SMILES string of the molecule is COC(C)c1cccc(NC(=O)CCS(=O)(=O)C2CCCC2)c1. The molecule has 1 aromatic rings. The molecule has 0 heterocycles. The van der Waals surface area contributed by atoms with Gasteiger partial charge in [-0.1, -0.05) is 25.0 Å². The molecule has 1 aliphatic carbocycles. The van der Waals surface area contributed by atoms with Crippen molar-refractivity contribution < 1.29 is 17.9 Å². The Morgan fingerprint density at radius 2 is 2.04 bits per heavy atom. The molecule has 1 N–H and O–H groups in total. The Morgan fingerprint density at radius 1 is 1.35 bits per heavy atom. The van der Waals surface area contributed by atoms with Crippen molar-refractivity contribution in [3.05, 3.63) is 29.8 Å². The Kier molecular flexibility index (Phi) is 6.18. The van der Waals surface area contributed by atoms with Gasteiger partial charge in [0.05, 0.1) is 17.1 Å². The normalized spacial score (nSPS) is 17.1. The number of carbonyl (C=O) groups excluding carboxylic acids is 1. The van der Waals surface area contributed by atoms with Crippen LogP contribution in [0, 0.1) is 0 Å². The minimum absolute atomic E-state index is 0.00287. The molecule has 6 heteroatoms. The van der Waals surface area contributed by atoms with Gasteiger partial charge >= 0.3 is 0 Å². The first-order valence-corrected chi connectivity index (χ1v) is 9.78. The number of amides is 1. The molecule has 1 saturated carbocycles. The summed E-state index contributed by atoms with van der Waals surface area (Å²) in [5, 5.41) is 2.52. The van der Waals surface area contributed by atoms with E-state index in [1.54, 1.807) is 13.2 Å². The lowest BCUT2D eigenvalue weighted by molar-refractivity contribution is -0.115. The van der Waals surface area contributed by atoms with Gasteiger partial charge < -0.3 is 10.1 Å². The summed E-state index contributed by atoms with van der Waals surface area (Å²) < 4.78 is 29.6. The fourth-order valence-electron chi connectivity index (χ4n) is 2.88. The summed E-state index contributed by atoms with van der Waals surface area (Å²) in [6.07, 6.45) is 3.36. The van der Waals surface area contributed by atoms with Crippen LogP contribution in [-0.4, -0.2) is 32.4 Å². The number of hydrogen-bond acceptors (Lipinski definition) is 4. The molecule has 0 bridgehead atoms. The highest BCUT2D eigenvalue weighted by Crippen LogP contribution is 2.25. The van der Waals surface area contributed by atoms with Crippen LogP contribution in [0.4, 0.5) is 5.69 Å². The summed E-state index contributed by atoms with van der Waals surface area (Å²) in [7, 11) is -1.52. The Hall–Kier alpha value is -1.40. The highest BCUT2D eigenvalue weighted by Gasteiger charge is 2.28. The average molecular weight is 339 g/mol. The second-order valence-electron chi connectivity index (χ2n) is 6.08. The summed E-state index contributed by atoms with van der Waals surface area (Å²) in [5.74, 6) is -0.341. The van der Waals surface area contributed by atoms with E-state index in [9.17, 15) is 13.2 Å². The molecule has 128 valence electrons. The fourth-order valence-corrected chi connectivity index (χ4v) is 4.73. The molecule has 2 rings (SSSR count). The minimum Gasteiger partial charge on any atom is -0.377 e. The second kappa shape index (κ2) is 7.93. The van der Waals surface area contributed by atoms with E-state index in [0.717, 1.165) is 31.2 Å². The highest BCUT2D eigenvalue weighted by atomic mass is 32.2. The predicted octanol–water partition coefficient (Wildman–Crippen LogP) is 3.08. The van der Waals surface area contributed by atoms with E-state index in [0.29, 0.717) is 5.69 Å². The van der Waals surface area contributed by atoms with Crippen molar-refractivity contribution in [2.24, 2.45) is 0 Å². The van der Waals surface area contributed by atoms with Crippen molar-refractivity contribution in [2.75, 3.05) is 18.2 Å². The van der Waals surface area contributed by atoms with Gasteiger partial charge in [0.1, 0.15) is 0 Å². The van der Waals surface area contributed by atoms with Crippen molar-refractivity contribution >= 4 is 21.4 Å². The summed E-state index contributed by atoms with van der Waals surface area (Å²) in [4.78, 5) is 12.0. The van der Waals surface area contributed by atoms with Crippen molar-refractivity contribution in [1.29, 1.82) is 0 Å². The predicted molar refractivity (Wildman–Crippen MR) is 91.2 cm³/mol. The third-order valence-corrected chi connectivity index (χ3v) is 6.68.